The topological polar surface area (TPSA) is 87.7 Å². The van der Waals surface area contributed by atoms with E-state index in [1.165, 1.54) is 0 Å². The Bertz CT molecular complexity index is 725. The van der Waals surface area contributed by atoms with E-state index >= 15 is 0 Å². The van der Waals surface area contributed by atoms with Crippen LogP contribution < -0.4 is 10.6 Å². The van der Waals surface area contributed by atoms with Crippen molar-refractivity contribution in [2.24, 2.45) is 5.92 Å². The number of alkyl carbamates (subject to hydrolysis) is 1. The lowest BCUT2D eigenvalue weighted by Crippen LogP contribution is -2.42. The molecule has 0 aliphatic carbocycles. The number of nitrogens with one attached hydrogen (secondary N) is 2. The summed E-state index contributed by atoms with van der Waals surface area (Å²) < 4.78 is 5.12. The number of piperidine rings is 1. The number of nitrogens with zero attached hydrogens (tertiary/aromatic N) is 1. The molecule has 1 fully saturated rings. The van der Waals surface area contributed by atoms with Crippen LogP contribution in [0.15, 0.2) is 29.2 Å². The van der Waals surface area contributed by atoms with Gasteiger partial charge in [-0.2, -0.15) is 0 Å². The van der Waals surface area contributed by atoms with Crippen molar-refractivity contribution in [1.82, 2.24) is 15.5 Å². The average molecular weight is 422 g/mol. The van der Waals surface area contributed by atoms with Crippen LogP contribution in [0.3, 0.4) is 0 Å². The zero-order valence-electron chi connectivity index (χ0n) is 17.4. The Morgan fingerprint density at radius 2 is 1.79 bits per heavy atom. The normalized spacial score (nSPS) is 15.0. The third-order valence-corrected chi connectivity index (χ3v) is 5.03. The maximum Gasteiger partial charge on any atom is 0.407 e. The van der Waals surface area contributed by atoms with Gasteiger partial charge in [0.05, 0.1) is 5.56 Å². The minimum Gasteiger partial charge on any atom is -0.444 e. The van der Waals surface area contributed by atoms with Gasteiger partial charge in [0.25, 0.3) is 5.91 Å². The van der Waals surface area contributed by atoms with E-state index in [1.807, 2.05) is 23.1 Å². The van der Waals surface area contributed by atoms with Gasteiger partial charge < -0.3 is 20.3 Å². The second-order valence-electron chi connectivity index (χ2n) is 8.24. The molecule has 29 heavy (non-hydrogen) atoms. The van der Waals surface area contributed by atoms with Gasteiger partial charge in [-0.25, -0.2) is 4.79 Å². The minimum absolute atomic E-state index is 0.00584. The number of carbonyl (C=O) groups excluding carboxylic acids is 3. The van der Waals surface area contributed by atoms with E-state index < -0.39 is 11.7 Å². The molecule has 0 saturated carbocycles. The van der Waals surface area contributed by atoms with Crippen LogP contribution >= 0.6 is 12.6 Å². The summed E-state index contributed by atoms with van der Waals surface area (Å²) in [5.41, 5.74) is 0.0671. The molecular weight excluding hydrogens is 390 g/mol. The monoisotopic (exact) mass is 421 g/mol. The van der Waals surface area contributed by atoms with Crippen molar-refractivity contribution in [2.45, 2.75) is 50.5 Å². The highest BCUT2D eigenvalue weighted by atomic mass is 32.1. The number of thiol groups is 1. The van der Waals surface area contributed by atoms with Gasteiger partial charge in [-0.05, 0) is 51.7 Å². The van der Waals surface area contributed by atoms with Gasteiger partial charge in [-0.3, -0.25) is 9.59 Å². The molecule has 0 atom stereocenters. The Labute approximate surface area is 178 Å². The van der Waals surface area contributed by atoms with E-state index in [1.54, 1.807) is 26.8 Å². The van der Waals surface area contributed by atoms with Crippen LogP contribution in [0.1, 0.15) is 50.4 Å². The third kappa shape index (κ3) is 7.97. The molecule has 1 aliphatic heterocycles. The summed E-state index contributed by atoms with van der Waals surface area (Å²) in [6.07, 6.45) is 1.37. The van der Waals surface area contributed by atoms with Crippen molar-refractivity contribution >= 4 is 30.5 Å². The summed E-state index contributed by atoms with van der Waals surface area (Å²) in [7, 11) is 0. The molecule has 0 radical (unpaired) electrons. The van der Waals surface area contributed by atoms with Crippen molar-refractivity contribution in [3.05, 3.63) is 29.8 Å². The van der Waals surface area contributed by atoms with Crippen LogP contribution in [0.5, 0.6) is 0 Å². The molecular formula is C21H31N3O4S. The molecule has 7 nitrogen and oxygen atoms in total. The lowest BCUT2D eigenvalue weighted by molar-refractivity contribution is -0.121. The predicted molar refractivity (Wildman–Crippen MR) is 114 cm³/mol. The number of likely N-dealkylation sites (tertiary alicyclic amines) is 1. The summed E-state index contributed by atoms with van der Waals surface area (Å²) >= 11 is 4.36. The van der Waals surface area contributed by atoms with E-state index in [0.29, 0.717) is 36.0 Å². The van der Waals surface area contributed by atoms with E-state index in [9.17, 15) is 14.4 Å². The molecule has 1 aromatic carbocycles. The van der Waals surface area contributed by atoms with Gasteiger partial charge in [-0.15, -0.1) is 12.6 Å². The van der Waals surface area contributed by atoms with E-state index in [0.717, 1.165) is 12.8 Å². The zero-order valence-corrected chi connectivity index (χ0v) is 18.3. The van der Waals surface area contributed by atoms with E-state index in [2.05, 4.69) is 23.3 Å². The zero-order chi connectivity index (χ0) is 21.4. The van der Waals surface area contributed by atoms with Crippen LogP contribution in [-0.4, -0.2) is 54.6 Å². The first-order valence-electron chi connectivity index (χ1n) is 9.96. The predicted octanol–water partition coefficient (Wildman–Crippen LogP) is 2.86. The molecule has 8 heteroatoms. The molecule has 2 N–H and O–H groups in total. The fraction of sp³-hybridized carbons (Fsp3) is 0.571. The number of hydrogen-bond donors (Lipinski definition) is 3. The molecule has 160 valence electrons. The SMILES string of the molecule is CC(C)(C)OC(=O)NCCC(=O)NCC1CCN(C(=O)c2ccccc2S)CC1. The molecule has 2 rings (SSSR count). The van der Waals surface area contributed by atoms with Crippen LogP contribution in [-0.2, 0) is 9.53 Å². The van der Waals surface area contributed by atoms with Gasteiger partial charge in [-0.1, -0.05) is 12.1 Å². The number of benzene rings is 1. The van der Waals surface area contributed by atoms with Crippen LogP contribution in [0.2, 0.25) is 0 Å². The summed E-state index contributed by atoms with van der Waals surface area (Å²) in [4.78, 5) is 38.7. The number of rotatable bonds is 6. The number of amides is 3. The average Bonchev–Trinajstić information content (AvgIpc) is 2.65. The van der Waals surface area contributed by atoms with Crippen LogP contribution in [0.4, 0.5) is 4.79 Å². The maximum absolute atomic E-state index is 12.6. The molecule has 3 amide bonds. The Kier molecular flexibility index (Phi) is 8.37. The van der Waals surface area contributed by atoms with Gasteiger partial charge in [0, 0.05) is 37.5 Å². The lowest BCUT2D eigenvalue weighted by Gasteiger charge is -2.32. The maximum atomic E-state index is 12.6. The van der Waals surface area contributed by atoms with Gasteiger partial charge in [0.2, 0.25) is 5.91 Å². The second kappa shape index (κ2) is 10.5. The minimum atomic E-state index is -0.558. The summed E-state index contributed by atoms with van der Waals surface area (Å²) in [5.74, 6) is 0.239. The van der Waals surface area contributed by atoms with Crippen molar-refractivity contribution in [3.8, 4) is 0 Å². The molecule has 0 aromatic heterocycles. The standard InChI is InChI=1S/C21H31N3O4S/c1-21(2,3)28-20(27)22-11-8-18(25)23-14-15-9-12-24(13-10-15)19(26)16-6-4-5-7-17(16)29/h4-7,15,29H,8-14H2,1-3H3,(H,22,27)(H,23,25). The summed E-state index contributed by atoms with van der Waals surface area (Å²) in [6.45, 7) is 7.51. The third-order valence-electron chi connectivity index (χ3n) is 4.64. The number of hydrogen-bond acceptors (Lipinski definition) is 5. The van der Waals surface area contributed by atoms with Gasteiger partial charge >= 0.3 is 6.09 Å². The Hall–Kier alpha value is -2.22. The first-order valence-corrected chi connectivity index (χ1v) is 10.4. The molecule has 1 heterocycles. The highest BCUT2D eigenvalue weighted by molar-refractivity contribution is 7.80. The van der Waals surface area contributed by atoms with Crippen molar-refractivity contribution in [1.29, 1.82) is 0 Å². The Morgan fingerprint density at radius 3 is 2.41 bits per heavy atom. The number of carbonyl (C=O) groups is 3. The van der Waals surface area contributed by atoms with Crippen molar-refractivity contribution < 1.29 is 19.1 Å². The second-order valence-corrected chi connectivity index (χ2v) is 8.72. The number of ether oxygens (including phenoxy) is 1. The molecule has 1 saturated heterocycles. The fourth-order valence-corrected chi connectivity index (χ4v) is 3.36. The first kappa shape index (κ1) is 23.1. The van der Waals surface area contributed by atoms with Gasteiger partial charge in [0.1, 0.15) is 5.60 Å². The summed E-state index contributed by atoms with van der Waals surface area (Å²) in [5, 5.41) is 5.49. The molecule has 1 aromatic rings. The smallest absolute Gasteiger partial charge is 0.407 e. The van der Waals surface area contributed by atoms with Crippen LogP contribution in [0.25, 0.3) is 0 Å². The molecule has 0 bridgehead atoms. The van der Waals surface area contributed by atoms with E-state index in [-0.39, 0.29) is 24.8 Å². The van der Waals surface area contributed by atoms with Crippen molar-refractivity contribution in [3.63, 3.8) is 0 Å². The molecule has 0 spiro atoms. The van der Waals surface area contributed by atoms with Gasteiger partial charge in [0.15, 0.2) is 0 Å². The highest BCUT2D eigenvalue weighted by Crippen LogP contribution is 2.21. The quantitative estimate of drug-likeness (QED) is 0.617. The van der Waals surface area contributed by atoms with E-state index in [4.69, 9.17) is 4.74 Å². The first-order chi connectivity index (χ1) is 13.7. The highest BCUT2D eigenvalue weighted by Gasteiger charge is 2.24. The molecule has 0 unspecified atom stereocenters. The Morgan fingerprint density at radius 1 is 1.14 bits per heavy atom. The summed E-state index contributed by atoms with van der Waals surface area (Å²) in [6, 6.07) is 7.31. The van der Waals surface area contributed by atoms with Crippen molar-refractivity contribution in [2.75, 3.05) is 26.2 Å². The van der Waals surface area contributed by atoms with Crippen LogP contribution in [0, 0.1) is 5.92 Å². The lowest BCUT2D eigenvalue weighted by atomic mass is 9.96. The molecule has 1 aliphatic rings. The fourth-order valence-electron chi connectivity index (χ4n) is 3.10. The largest absolute Gasteiger partial charge is 0.444 e. The Balaban J connectivity index is 1.64.